The molecule has 0 saturated heterocycles. The first-order valence-corrected chi connectivity index (χ1v) is 7.78. The molecular weight excluding hydrogens is 246 g/mol. The van der Waals surface area contributed by atoms with Gasteiger partial charge in [0, 0.05) is 0 Å². The molecule has 1 aromatic carbocycles. The quantitative estimate of drug-likeness (QED) is 0.788. The number of ether oxygens (including phenoxy) is 1. The summed E-state index contributed by atoms with van der Waals surface area (Å²) in [5.41, 5.74) is 2.44. The maximum absolute atomic E-state index is 9.35. The highest BCUT2D eigenvalue weighted by Crippen LogP contribution is 2.35. The Hall–Kier alpha value is -1.49. The molecule has 1 saturated carbocycles. The minimum absolute atomic E-state index is 0.0445. The SMILES string of the molecule is CCCC1CCC(C#N)C(Oc2cccc(C)c2C)C1. The number of aryl methyl sites for hydroxylation is 1. The molecule has 2 heteroatoms. The van der Waals surface area contributed by atoms with Gasteiger partial charge in [0.05, 0.1) is 12.0 Å². The van der Waals surface area contributed by atoms with Crippen LogP contribution in [0.25, 0.3) is 0 Å². The van der Waals surface area contributed by atoms with Gasteiger partial charge in [-0.15, -0.1) is 0 Å². The fourth-order valence-corrected chi connectivity index (χ4v) is 3.18. The smallest absolute Gasteiger partial charge is 0.122 e. The Labute approximate surface area is 122 Å². The van der Waals surface area contributed by atoms with Crippen molar-refractivity contribution in [1.29, 1.82) is 5.26 Å². The van der Waals surface area contributed by atoms with Crippen LogP contribution in [0.1, 0.15) is 50.2 Å². The molecule has 0 amide bonds. The van der Waals surface area contributed by atoms with E-state index >= 15 is 0 Å². The van der Waals surface area contributed by atoms with Crippen molar-refractivity contribution in [1.82, 2.24) is 0 Å². The minimum Gasteiger partial charge on any atom is -0.489 e. The van der Waals surface area contributed by atoms with E-state index in [4.69, 9.17) is 4.74 Å². The predicted octanol–water partition coefficient (Wildman–Crippen LogP) is 4.79. The summed E-state index contributed by atoms with van der Waals surface area (Å²) in [4.78, 5) is 0. The zero-order valence-corrected chi connectivity index (χ0v) is 12.9. The highest BCUT2D eigenvalue weighted by Gasteiger charge is 2.32. The summed E-state index contributed by atoms with van der Waals surface area (Å²) in [5, 5.41) is 9.35. The molecule has 0 radical (unpaired) electrons. The molecule has 3 atom stereocenters. The number of rotatable bonds is 4. The number of hydrogen-bond donors (Lipinski definition) is 0. The lowest BCUT2D eigenvalue weighted by Gasteiger charge is -2.33. The molecule has 1 aromatic rings. The lowest BCUT2D eigenvalue weighted by Crippen LogP contribution is -2.33. The average Bonchev–Trinajstić information content (AvgIpc) is 2.45. The summed E-state index contributed by atoms with van der Waals surface area (Å²) in [6.45, 7) is 6.43. The fraction of sp³-hybridized carbons (Fsp3) is 0.611. The van der Waals surface area contributed by atoms with E-state index in [0.717, 1.165) is 24.5 Å². The van der Waals surface area contributed by atoms with Crippen molar-refractivity contribution in [2.75, 3.05) is 0 Å². The van der Waals surface area contributed by atoms with Gasteiger partial charge in [-0.3, -0.25) is 0 Å². The molecule has 3 unspecified atom stereocenters. The largest absolute Gasteiger partial charge is 0.489 e. The van der Waals surface area contributed by atoms with Crippen LogP contribution in [0.2, 0.25) is 0 Å². The van der Waals surface area contributed by atoms with Crippen molar-refractivity contribution in [2.45, 2.75) is 59.0 Å². The van der Waals surface area contributed by atoms with E-state index in [2.05, 4.69) is 32.9 Å². The van der Waals surface area contributed by atoms with Crippen molar-refractivity contribution in [3.63, 3.8) is 0 Å². The Balaban J connectivity index is 2.12. The van der Waals surface area contributed by atoms with Gasteiger partial charge in [0.1, 0.15) is 11.9 Å². The third-order valence-electron chi connectivity index (χ3n) is 4.60. The number of nitrogens with zero attached hydrogens (tertiary/aromatic N) is 1. The van der Waals surface area contributed by atoms with Crippen LogP contribution in [0, 0.1) is 37.0 Å². The standard InChI is InChI=1S/C18H25NO/c1-4-6-15-9-10-16(12-19)18(11-15)20-17-8-5-7-13(2)14(17)3/h5,7-8,15-16,18H,4,6,9-11H2,1-3H3. The Morgan fingerprint density at radius 3 is 2.80 bits per heavy atom. The summed E-state index contributed by atoms with van der Waals surface area (Å²) in [7, 11) is 0. The second-order valence-corrected chi connectivity index (χ2v) is 6.06. The first-order chi connectivity index (χ1) is 9.65. The Kier molecular flexibility index (Phi) is 5.06. The van der Waals surface area contributed by atoms with E-state index in [9.17, 15) is 5.26 Å². The van der Waals surface area contributed by atoms with Crippen LogP contribution in [0.5, 0.6) is 5.75 Å². The van der Waals surface area contributed by atoms with Crippen LogP contribution < -0.4 is 4.74 Å². The number of nitriles is 1. The van der Waals surface area contributed by atoms with Crippen molar-refractivity contribution in [3.8, 4) is 11.8 Å². The maximum Gasteiger partial charge on any atom is 0.122 e. The monoisotopic (exact) mass is 271 g/mol. The van der Waals surface area contributed by atoms with E-state index in [1.165, 1.54) is 30.4 Å². The van der Waals surface area contributed by atoms with Crippen LogP contribution in [0.4, 0.5) is 0 Å². The summed E-state index contributed by atoms with van der Waals surface area (Å²) < 4.78 is 6.22. The van der Waals surface area contributed by atoms with E-state index in [0.29, 0.717) is 0 Å². The highest BCUT2D eigenvalue weighted by atomic mass is 16.5. The van der Waals surface area contributed by atoms with Crippen molar-refractivity contribution < 1.29 is 4.74 Å². The van der Waals surface area contributed by atoms with Crippen molar-refractivity contribution >= 4 is 0 Å². The summed E-state index contributed by atoms with van der Waals surface area (Å²) in [5.74, 6) is 1.72. The predicted molar refractivity (Wildman–Crippen MR) is 81.7 cm³/mol. The van der Waals surface area contributed by atoms with Gasteiger partial charge in [-0.05, 0) is 56.2 Å². The lowest BCUT2D eigenvalue weighted by atomic mass is 9.78. The minimum atomic E-state index is 0.0445. The second-order valence-electron chi connectivity index (χ2n) is 6.06. The zero-order chi connectivity index (χ0) is 14.5. The average molecular weight is 271 g/mol. The Morgan fingerprint density at radius 1 is 1.30 bits per heavy atom. The molecule has 20 heavy (non-hydrogen) atoms. The van der Waals surface area contributed by atoms with Crippen LogP contribution in [0.15, 0.2) is 18.2 Å². The number of benzene rings is 1. The molecule has 0 spiro atoms. The second kappa shape index (κ2) is 6.79. The lowest BCUT2D eigenvalue weighted by molar-refractivity contribution is 0.0868. The number of hydrogen-bond acceptors (Lipinski definition) is 2. The van der Waals surface area contributed by atoms with Gasteiger partial charge in [-0.2, -0.15) is 5.26 Å². The van der Waals surface area contributed by atoms with Gasteiger partial charge in [0.15, 0.2) is 0 Å². The van der Waals surface area contributed by atoms with Gasteiger partial charge in [0.2, 0.25) is 0 Å². The summed E-state index contributed by atoms with van der Waals surface area (Å²) in [6, 6.07) is 8.61. The van der Waals surface area contributed by atoms with Gasteiger partial charge in [-0.1, -0.05) is 31.9 Å². The molecule has 0 bridgehead atoms. The van der Waals surface area contributed by atoms with Crippen LogP contribution in [-0.4, -0.2) is 6.10 Å². The molecule has 0 aromatic heterocycles. The molecule has 1 fully saturated rings. The molecule has 2 rings (SSSR count). The molecule has 1 aliphatic rings. The van der Waals surface area contributed by atoms with Gasteiger partial charge in [0.25, 0.3) is 0 Å². The molecular formula is C18H25NO. The fourth-order valence-electron chi connectivity index (χ4n) is 3.18. The van der Waals surface area contributed by atoms with Crippen molar-refractivity contribution in [2.24, 2.45) is 11.8 Å². The first-order valence-electron chi connectivity index (χ1n) is 7.78. The Morgan fingerprint density at radius 2 is 2.10 bits per heavy atom. The third kappa shape index (κ3) is 3.33. The van der Waals surface area contributed by atoms with Gasteiger partial charge in [-0.25, -0.2) is 0 Å². The Bertz CT molecular complexity index is 489. The van der Waals surface area contributed by atoms with Gasteiger partial charge < -0.3 is 4.74 Å². The molecule has 108 valence electrons. The normalized spacial score (nSPS) is 26.0. The van der Waals surface area contributed by atoms with Crippen molar-refractivity contribution in [3.05, 3.63) is 29.3 Å². The third-order valence-corrected chi connectivity index (χ3v) is 4.60. The zero-order valence-electron chi connectivity index (χ0n) is 12.9. The van der Waals surface area contributed by atoms with Crippen LogP contribution in [-0.2, 0) is 0 Å². The maximum atomic E-state index is 9.35. The molecule has 2 nitrogen and oxygen atoms in total. The highest BCUT2D eigenvalue weighted by molar-refractivity contribution is 5.38. The topological polar surface area (TPSA) is 33.0 Å². The first kappa shape index (κ1) is 14.9. The molecule has 0 N–H and O–H groups in total. The van der Waals surface area contributed by atoms with Crippen LogP contribution >= 0.6 is 0 Å². The van der Waals surface area contributed by atoms with E-state index in [1.54, 1.807) is 0 Å². The van der Waals surface area contributed by atoms with Crippen LogP contribution in [0.3, 0.4) is 0 Å². The van der Waals surface area contributed by atoms with E-state index in [-0.39, 0.29) is 12.0 Å². The van der Waals surface area contributed by atoms with E-state index in [1.807, 2.05) is 12.1 Å². The van der Waals surface area contributed by atoms with Gasteiger partial charge >= 0.3 is 0 Å². The summed E-state index contributed by atoms with van der Waals surface area (Å²) in [6.07, 6.45) is 5.73. The molecule has 0 aliphatic heterocycles. The molecule has 1 aliphatic carbocycles. The summed E-state index contributed by atoms with van der Waals surface area (Å²) >= 11 is 0. The van der Waals surface area contributed by atoms with E-state index < -0.39 is 0 Å². The molecule has 0 heterocycles.